The van der Waals surface area contributed by atoms with Crippen LogP contribution < -0.4 is 0 Å². The number of halogens is 3. The lowest BCUT2D eigenvalue weighted by atomic mass is 9.84. The summed E-state index contributed by atoms with van der Waals surface area (Å²) in [5.74, 6) is -1.49. The topological polar surface area (TPSA) is 67.1 Å². The third-order valence-corrected chi connectivity index (χ3v) is 6.03. The zero-order valence-electron chi connectivity index (χ0n) is 16.9. The van der Waals surface area contributed by atoms with Crippen LogP contribution in [0.15, 0.2) is 55.3 Å². The molecule has 0 aliphatic carbocycles. The van der Waals surface area contributed by atoms with Gasteiger partial charge in [-0.3, -0.25) is 9.88 Å². The van der Waals surface area contributed by atoms with Gasteiger partial charge in [0.15, 0.2) is 0 Å². The molecule has 162 valence electrons. The van der Waals surface area contributed by atoms with Gasteiger partial charge in [-0.1, -0.05) is 23.7 Å². The molecule has 0 unspecified atom stereocenters. The van der Waals surface area contributed by atoms with E-state index < -0.39 is 23.3 Å². The second kappa shape index (κ2) is 8.82. The molecular formula is C22H22ClF2N5O. The normalized spacial score (nSPS) is 17.8. The van der Waals surface area contributed by atoms with Crippen molar-refractivity contribution in [1.29, 1.82) is 0 Å². The molecule has 0 amide bonds. The first-order chi connectivity index (χ1) is 14.9. The Kier molecular flexibility index (Phi) is 6.13. The van der Waals surface area contributed by atoms with E-state index in [2.05, 4.69) is 20.0 Å². The Morgan fingerprint density at radius 1 is 1.26 bits per heavy atom. The summed E-state index contributed by atoms with van der Waals surface area (Å²) in [6, 6.07) is 6.41. The molecule has 4 rings (SSSR count). The summed E-state index contributed by atoms with van der Waals surface area (Å²) in [6.45, 7) is 2.99. The highest BCUT2D eigenvalue weighted by Gasteiger charge is 2.42. The smallest absolute Gasteiger partial charge is 0.137 e. The second-order valence-corrected chi connectivity index (χ2v) is 8.09. The van der Waals surface area contributed by atoms with Crippen molar-refractivity contribution in [2.45, 2.75) is 31.5 Å². The van der Waals surface area contributed by atoms with Crippen LogP contribution in [0.3, 0.4) is 0 Å². The highest BCUT2D eigenvalue weighted by molar-refractivity contribution is 6.30. The van der Waals surface area contributed by atoms with Crippen LogP contribution in [0.4, 0.5) is 8.78 Å². The third-order valence-electron chi connectivity index (χ3n) is 5.80. The monoisotopic (exact) mass is 445 g/mol. The molecule has 3 aromatic rings. The number of hydrogen-bond donors (Lipinski definition) is 1. The van der Waals surface area contributed by atoms with E-state index in [0.717, 1.165) is 23.4 Å². The Hall–Kier alpha value is -2.68. The first-order valence-corrected chi connectivity index (χ1v) is 10.3. The number of aromatic nitrogens is 4. The van der Waals surface area contributed by atoms with Gasteiger partial charge < -0.3 is 5.11 Å². The largest absolute Gasteiger partial charge is 0.381 e. The molecule has 31 heavy (non-hydrogen) atoms. The minimum absolute atomic E-state index is 0.0195. The quantitative estimate of drug-likeness (QED) is 0.627. The third kappa shape index (κ3) is 4.51. The van der Waals surface area contributed by atoms with Crippen molar-refractivity contribution in [3.05, 3.63) is 83.2 Å². The lowest BCUT2D eigenvalue weighted by Gasteiger charge is -2.42. The lowest BCUT2D eigenvalue weighted by Crippen LogP contribution is -2.53. The summed E-state index contributed by atoms with van der Waals surface area (Å²) in [7, 11) is 0. The Labute approximate surface area is 183 Å². The molecule has 0 fully saturated rings. The van der Waals surface area contributed by atoms with Gasteiger partial charge in [-0.25, -0.2) is 18.4 Å². The van der Waals surface area contributed by atoms with Crippen molar-refractivity contribution < 1.29 is 13.9 Å². The van der Waals surface area contributed by atoms with E-state index >= 15 is 0 Å². The van der Waals surface area contributed by atoms with Gasteiger partial charge in [0.05, 0.1) is 17.3 Å². The molecule has 0 bridgehead atoms. The Balaban J connectivity index is 1.62. The molecule has 1 aromatic carbocycles. The number of hydrogen-bond acceptors (Lipinski definition) is 5. The summed E-state index contributed by atoms with van der Waals surface area (Å²) in [5, 5.41) is 16.4. The average Bonchev–Trinajstić information content (AvgIpc) is 3.26. The molecular weight excluding hydrogens is 424 g/mol. The van der Waals surface area contributed by atoms with Gasteiger partial charge in [0.1, 0.15) is 29.9 Å². The highest BCUT2D eigenvalue weighted by Crippen LogP contribution is 2.34. The number of benzene rings is 1. The molecule has 2 atom stereocenters. The molecule has 6 nitrogen and oxygen atoms in total. The fraction of sp³-hybridized carbons (Fsp3) is 0.318. The van der Waals surface area contributed by atoms with Gasteiger partial charge in [0, 0.05) is 37.0 Å². The van der Waals surface area contributed by atoms with Crippen LogP contribution in [0.1, 0.15) is 24.6 Å². The molecule has 0 radical (unpaired) electrons. The predicted molar refractivity (Wildman–Crippen MR) is 113 cm³/mol. The summed E-state index contributed by atoms with van der Waals surface area (Å²) in [5.41, 5.74) is 0.313. The Morgan fingerprint density at radius 3 is 2.71 bits per heavy atom. The van der Waals surface area contributed by atoms with Crippen LogP contribution in [-0.2, 0) is 12.1 Å². The van der Waals surface area contributed by atoms with Crippen molar-refractivity contribution in [2.75, 3.05) is 13.1 Å². The van der Waals surface area contributed by atoms with Gasteiger partial charge >= 0.3 is 0 Å². The molecule has 3 heterocycles. The van der Waals surface area contributed by atoms with Crippen LogP contribution in [0, 0.1) is 11.6 Å². The van der Waals surface area contributed by atoms with Gasteiger partial charge in [0.25, 0.3) is 0 Å². The molecule has 1 aliphatic heterocycles. The standard InChI is InChI=1S/C22H22ClF2N5O/c1-15(29-8-6-16(7-9-29)21-5-2-17(23)11-27-21)22(31,12-30-14-26-13-28-30)19-4-3-18(24)10-20(19)25/h2-6,10-11,13-15,31H,7-9,12H2,1H3/t15-,22-/m1/s1. The van der Waals surface area contributed by atoms with E-state index in [4.69, 9.17) is 11.6 Å². The number of aliphatic hydroxyl groups is 1. The van der Waals surface area contributed by atoms with Crippen molar-refractivity contribution in [1.82, 2.24) is 24.6 Å². The van der Waals surface area contributed by atoms with Gasteiger partial charge in [-0.15, -0.1) is 0 Å². The molecule has 1 aliphatic rings. The maximum atomic E-state index is 14.7. The predicted octanol–water partition coefficient (Wildman–Crippen LogP) is 3.67. The number of nitrogens with zero attached hydrogens (tertiary/aromatic N) is 5. The van der Waals surface area contributed by atoms with Crippen molar-refractivity contribution >= 4 is 17.2 Å². The Morgan fingerprint density at radius 2 is 2.10 bits per heavy atom. The van der Waals surface area contributed by atoms with E-state index in [1.54, 1.807) is 12.3 Å². The molecule has 2 aromatic heterocycles. The summed E-state index contributed by atoms with van der Waals surface area (Å²) < 4.78 is 29.7. The second-order valence-electron chi connectivity index (χ2n) is 7.65. The van der Waals surface area contributed by atoms with E-state index in [1.807, 2.05) is 19.1 Å². The fourth-order valence-electron chi connectivity index (χ4n) is 3.98. The molecule has 1 N–H and O–H groups in total. The van der Waals surface area contributed by atoms with Crippen LogP contribution in [-0.4, -0.2) is 48.9 Å². The van der Waals surface area contributed by atoms with Crippen LogP contribution >= 0.6 is 11.6 Å². The maximum absolute atomic E-state index is 14.7. The van der Waals surface area contributed by atoms with E-state index in [0.29, 0.717) is 24.5 Å². The van der Waals surface area contributed by atoms with Crippen LogP contribution in [0.25, 0.3) is 5.57 Å². The molecule has 0 saturated carbocycles. The summed E-state index contributed by atoms with van der Waals surface area (Å²) in [4.78, 5) is 10.3. The average molecular weight is 446 g/mol. The lowest BCUT2D eigenvalue weighted by molar-refractivity contribution is -0.0612. The van der Waals surface area contributed by atoms with E-state index in [9.17, 15) is 13.9 Å². The zero-order valence-corrected chi connectivity index (χ0v) is 17.7. The number of pyridine rings is 1. The van der Waals surface area contributed by atoms with E-state index in [1.165, 1.54) is 23.4 Å². The summed E-state index contributed by atoms with van der Waals surface area (Å²) >= 11 is 5.92. The fourth-order valence-corrected chi connectivity index (χ4v) is 4.09. The Bertz CT molecular complexity index is 1070. The van der Waals surface area contributed by atoms with Gasteiger partial charge in [0.2, 0.25) is 0 Å². The van der Waals surface area contributed by atoms with E-state index in [-0.39, 0.29) is 12.1 Å². The zero-order chi connectivity index (χ0) is 22.0. The van der Waals surface area contributed by atoms with Gasteiger partial charge in [-0.05, 0) is 37.1 Å². The maximum Gasteiger partial charge on any atom is 0.137 e. The van der Waals surface area contributed by atoms with Crippen molar-refractivity contribution in [3.63, 3.8) is 0 Å². The first kappa shape index (κ1) is 21.5. The van der Waals surface area contributed by atoms with Crippen molar-refractivity contribution in [3.8, 4) is 0 Å². The van der Waals surface area contributed by atoms with Gasteiger partial charge in [-0.2, -0.15) is 5.10 Å². The van der Waals surface area contributed by atoms with Crippen molar-refractivity contribution in [2.24, 2.45) is 0 Å². The number of rotatable bonds is 6. The minimum atomic E-state index is -1.66. The molecule has 0 spiro atoms. The minimum Gasteiger partial charge on any atom is -0.381 e. The van der Waals surface area contributed by atoms with Crippen LogP contribution in [0.5, 0.6) is 0 Å². The van der Waals surface area contributed by atoms with Crippen LogP contribution in [0.2, 0.25) is 5.02 Å². The highest BCUT2D eigenvalue weighted by atomic mass is 35.5. The molecule has 0 saturated heterocycles. The molecule has 9 heteroatoms. The first-order valence-electron chi connectivity index (χ1n) is 9.92. The SMILES string of the molecule is C[C@@H](N1CC=C(c2ccc(Cl)cn2)CC1)[C@](O)(Cn1cncn1)c1ccc(F)cc1F. The summed E-state index contributed by atoms with van der Waals surface area (Å²) in [6.07, 6.45) is 7.18.